The number of ether oxygens (including phenoxy) is 1. The van der Waals surface area contributed by atoms with Gasteiger partial charge in [-0.1, -0.05) is 62.8 Å². The van der Waals surface area contributed by atoms with Crippen molar-refractivity contribution in [1.29, 1.82) is 0 Å². The molecular weight excluding hydrogens is 318 g/mol. The van der Waals surface area contributed by atoms with E-state index in [9.17, 15) is 0 Å². The first-order chi connectivity index (χ1) is 12.5. The first-order valence-electron chi connectivity index (χ1n) is 10.5. The summed E-state index contributed by atoms with van der Waals surface area (Å²) < 4.78 is 5.95. The van der Waals surface area contributed by atoms with Crippen molar-refractivity contribution in [3.05, 3.63) is 42.0 Å². The zero-order valence-electron chi connectivity index (χ0n) is 17.3. The topological polar surface area (TPSA) is 21.3 Å². The molecule has 0 aliphatic carbocycles. The van der Waals surface area contributed by atoms with E-state index in [1.807, 2.05) is 0 Å². The maximum atomic E-state index is 5.95. The van der Waals surface area contributed by atoms with Crippen molar-refractivity contribution in [1.82, 2.24) is 5.32 Å². The third-order valence-corrected chi connectivity index (χ3v) is 5.58. The van der Waals surface area contributed by atoms with Gasteiger partial charge in [-0.15, -0.1) is 0 Å². The molecule has 2 heteroatoms. The quantitative estimate of drug-likeness (QED) is 0.523. The Morgan fingerprint density at radius 3 is 2.62 bits per heavy atom. The Balaban J connectivity index is 1.76. The molecule has 146 valence electrons. The molecule has 2 atom stereocenters. The van der Waals surface area contributed by atoms with E-state index < -0.39 is 0 Å². The van der Waals surface area contributed by atoms with Crippen molar-refractivity contribution in [2.45, 2.75) is 65.4 Å². The molecule has 1 aromatic carbocycles. The van der Waals surface area contributed by atoms with Crippen LogP contribution in [0.1, 0.15) is 65.4 Å². The fourth-order valence-corrected chi connectivity index (χ4v) is 4.08. The van der Waals surface area contributed by atoms with Crippen LogP contribution in [0.3, 0.4) is 0 Å². The van der Waals surface area contributed by atoms with Gasteiger partial charge in [-0.25, -0.2) is 0 Å². The average Bonchev–Trinajstić information content (AvgIpc) is 2.60. The highest BCUT2D eigenvalue weighted by atomic mass is 16.5. The van der Waals surface area contributed by atoms with Gasteiger partial charge in [0.05, 0.1) is 5.60 Å². The van der Waals surface area contributed by atoms with Gasteiger partial charge in [-0.2, -0.15) is 0 Å². The second-order valence-corrected chi connectivity index (χ2v) is 8.90. The van der Waals surface area contributed by atoms with Crippen molar-refractivity contribution in [2.24, 2.45) is 17.8 Å². The Morgan fingerprint density at radius 2 is 1.92 bits per heavy atom. The van der Waals surface area contributed by atoms with Gasteiger partial charge in [0, 0.05) is 13.2 Å². The number of benzene rings is 1. The molecule has 0 spiro atoms. The highest BCUT2D eigenvalue weighted by Gasteiger charge is 2.33. The van der Waals surface area contributed by atoms with Crippen LogP contribution in [0, 0.1) is 17.8 Å². The van der Waals surface area contributed by atoms with Gasteiger partial charge in [-0.05, 0) is 69.4 Å². The third kappa shape index (κ3) is 8.05. The monoisotopic (exact) mass is 357 g/mol. The van der Waals surface area contributed by atoms with Crippen LogP contribution in [-0.4, -0.2) is 25.3 Å². The molecular formula is C24H39NO. The minimum absolute atomic E-state index is 0.0604. The molecule has 0 radical (unpaired) electrons. The van der Waals surface area contributed by atoms with Gasteiger partial charge in [-0.3, -0.25) is 0 Å². The first kappa shape index (κ1) is 21.2. The lowest BCUT2D eigenvalue weighted by Crippen LogP contribution is -2.37. The molecule has 0 unspecified atom stereocenters. The Bertz CT molecular complexity index is 520. The summed E-state index contributed by atoms with van der Waals surface area (Å²) in [6.07, 6.45) is 10.9. The van der Waals surface area contributed by atoms with Crippen molar-refractivity contribution in [3.63, 3.8) is 0 Å². The number of hydrogen-bond acceptors (Lipinski definition) is 2. The largest absolute Gasteiger partial charge is 0.376 e. The molecule has 26 heavy (non-hydrogen) atoms. The molecule has 1 heterocycles. The van der Waals surface area contributed by atoms with Crippen LogP contribution in [0.25, 0.3) is 6.08 Å². The SMILES string of the molecule is CC(C)CC[C@@H](CCNC/C=C/c1ccccc1)[C@@H]1CCOC(C)(C)C1. The summed E-state index contributed by atoms with van der Waals surface area (Å²) in [6, 6.07) is 10.5. The highest BCUT2D eigenvalue weighted by molar-refractivity contribution is 5.48. The minimum Gasteiger partial charge on any atom is -0.376 e. The maximum absolute atomic E-state index is 5.95. The van der Waals surface area contributed by atoms with Crippen LogP contribution in [0.4, 0.5) is 0 Å². The van der Waals surface area contributed by atoms with Gasteiger partial charge in [0.2, 0.25) is 0 Å². The van der Waals surface area contributed by atoms with E-state index in [0.717, 1.165) is 37.5 Å². The van der Waals surface area contributed by atoms with Crippen LogP contribution < -0.4 is 5.32 Å². The molecule has 1 fully saturated rings. The van der Waals surface area contributed by atoms with E-state index in [2.05, 4.69) is 75.5 Å². The van der Waals surface area contributed by atoms with E-state index in [4.69, 9.17) is 4.74 Å². The molecule has 1 saturated heterocycles. The summed E-state index contributed by atoms with van der Waals surface area (Å²) in [5, 5.41) is 3.62. The van der Waals surface area contributed by atoms with Crippen molar-refractivity contribution in [2.75, 3.05) is 19.7 Å². The lowest BCUT2D eigenvalue weighted by molar-refractivity contribution is -0.0839. The van der Waals surface area contributed by atoms with Gasteiger partial charge in [0.1, 0.15) is 0 Å². The highest BCUT2D eigenvalue weighted by Crippen LogP contribution is 2.37. The lowest BCUT2D eigenvalue weighted by atomic mass is 9.75. The zero-order valence-corrected chi connectivity index (χ0v) is 17.3. The smallest absolute Gasteiger partial charge is 0.0629 e. The van der Waals surface area contributed by atoms with Gasteiger partial charge in [0.15, 0.2) is 0 Å². The zero-order chi connectivity index (χ0) is 18.8. The fraction of sp³-hybridized carbons (Fsp3) is 0.667. The molecule has 1 aliphatic rings. The summed E-state index contributed by atoms with van der Waals surface area (Å²) in [6.45, 7) is 12.2. The maximum Gasteiger partial charge on any atom is 0.0629 e. The van der Waals surface area contributed by atoms with Crippen LogP contribution >= 0.6 is 0 Å². The van der Waals surface area contributed by atoms with Gasteiger partial charge >= 0.3 is 0 Å². The number of nitrogens with one attached hydrogen (secondary N) is 1. The van der Waals surface area contributed by atoms with Crippen LogP contribution in [-0.2, 0) is 4.74 Å². The Morgan fingerprint density at radius 1 is 1.15 bits per heavy atom. The predicted octanol–water partition coefficient (Wildman–Crippen LogP) is 5.94. The second-order valence-electron chi connectivity index (χ2n) is 8.90. The second kappa shape index (κ2) is 10.9. The number of hydrogen-bond donors (Lipinski definition) is 1. The van der Waals surface area contributed by atoms with Gasteiger partial charge in [0.25, 0.3) is 0 Å². The van der Waals surface area contributed by atoms with Crippen molar-refractivity contribution < 1.29 is 4.74 Å². The summed E-state index contributed by atoms with van der Waals surface area (Å²) >= 11 is 0. The summed E-state index contributed by atoms with van der Waals surface area (Å²) in [7, 11) is 0. The molecule has 1 aromatic rings. The minimum atomic E-state index is 0.0604. The Hall–Kier alpha value is -1.12. The van der Waals surface area contributed by atoms with E-state index in [-0.39, 0.29) is 5.60 Å². The molecule has 0 amide bonds. The molecule has 0 saturated carbocycles. The molecule has 0 aromatic heterocycles. The summed E-state index contributed by atoms with van der Waals surface area (Å²) in [4.78, 5) is 0. The predicted molar refractivity (Wildman–Crippen MR) is 113 cm³/mol. The fourth-order valence-electron chi connectivity index (χ4n) is 4.08. The normalized spacial score (nSPS) is 21.3. The number of rotatable bonds is 10. The summed E-state index contributed by atoms with van der Waals surface area (Å²) in [5.41, 5.74) is 1.33. The first-order valence-corrected chi connectivity index (χ1v) is 10.5. The Labute approximate surface area is 161 Å². The van der Waals surface area contributed by atoms with Crippen LogP contribution in [0.2, 0.25) is 0 Å². The van der Waals surface area contributed by atoms with E-state index in [1.165, 1.54) is 37.7 Å². The van der Waals surface area contributed by atoms with Crippen LogP contribution in [0.5, 0.6) is 0 Å². The van der Waals surface area contributed by atoms with Crippen LogP contribution in [0.15, 0.2) is 36.4 Å². The van der Waals surface area contributed by atoms with Crippen molar-refractivity contribution >= 4 is 6.08 Å². The van der Waals surface area contributed by atoms with E-state index in [0.29, 0.717) is 0 Å². The summed E-state index contributed by atoms with van der Waals surface area (Å²) in [5.74, 6) is 2.44. The lowest BCUT2D eigenvalue weighted by Gasteiger charge is -2.39. The Kier molecular flexibility index (Phi) is 8.87. The molecule has 1 N–H and O–H groups in total. The van der Waals surface area contributed by atoms with E-state index in [1.54, 1.807) is 0 Å². The standard InChI is InChI=1S/C24H39NO/c1-20(2)12-13-22(23-15-18-26-24(3,4)19-23)14-17-25-16-8-11-21-9-6-5-7-10-21/h5-11,20,22-23,25H,12-19H2,1-4H3/b11-8+/t22-,23+/m0/s1. The van der Waals surface area contributed by atoms with Gasteiger partial charge < -0.3 is 10.1 Å². The molecule has 2 rings (SSSR count). The molecule has 0 bridgehead atoms. The molecule has 2 nitrogen and oxygen atoms in total. The molecule has 1 aliphatic heterocycles. The average molecular weight is 358 g/mol. The van der Waals surface area contributed by atoms with E-state index >= 15 is 0 Å². The van der Waals surface area contributed by atoms with Crippen molar-refractivity contribution in [3.8, 4) is 0 Å². The third-order valence-electron chi connectivity index (χ3n) is 5.58.